The Bertz CT molecular complexity index is 604. The maximum Gasteiger partial charge on any atom is 0.133 e. The minimum absolute atomic E-state index is 0.212. The van der Waals surface area contributed by atoms with Gasteiger partial charge in [0.05, 0.1) is 12.1 Å². The van der Waals surface area contributed by atoms with Crippen LogP contribution in [0, 0.1) is 6.92 Å². The van der Waals surface area contributed by atoms with Crippen LogP contribution in [0.15, 0.2) is 34.9 Å². The van der Waals surface area contributed by atoms with Crippen LogP contribution in [0.5, 0.6) is 5.75 Å². The maximum absolute atomic E-state index is 5.70. The van der Waals surface area contributed by atoms with Crippen LogP contribution < -0.4 is 4.74 Å². The van der Waals surface area contributed by atoms with Crippen molar-refractivity contribution < 1.29 is 9.26 Å². The topological polar surface area (TPSA) is 38.5 Å². The van der Waals surface area contributed by atoms with E-state index in [2.05, 4.69) is 40.4 Å². The van der Waals surface area contributed by atoms with Crippen molar-refractivity contribution in [3.05, 3.63) is 47.3 Å². The van der Waals surface area contributed by atoms with Crippen molar-refractivity contribution in [3.8, 4) is 5.75 Å². The molecular weight excluding hydrogens is 276 g/mol. The first-order valence-electron chi connectivity index (χ1n) is 8.04. The van der Waals surface area contributed by atoms with Gasteiger partial charge in [-0.25, -0.2) is 0 Å². The monoisotopic (exact) mass is 300 g/mol. The van der Waals surface area contributed by atoms with E-state index in [1.165, 1.54) is 12.0 Å². The third-order valence-electron chi connectivity index (χ3n) is 4.03. The highest BCUT2D eigenvalue weighted by atomic mass is 16.5. The van der Waals surface area contributed by atoms with Gasteiger partial charge in [0.15, 0.2) is 0 Å². The zero-order chi connectivity index (χ0) is 15.5. The Morgan fingerprint density at radius 2 is 2.09 bits per heavy atom. The van der Waals surface area contributed by atoms with Gasteiger partial charge in [-0.1, -0.05) is 17.3 Å². The summed E-state index contributed by atoms with van der Waals surface area (Å²) in [5.74, 6) is 1.82. The van der Waals surface area contributed by atoms with E-state index in [1.807, 2.05) is 20.8 Å². The molecule has 1 fully saturated rings. The van der Waals surface area contributed by atoms with E-state index in [-0.39, 0.29) is 6.10 Å². The number of benzene rings is 1. The number of hydrogen-bond donors (Lipinski definition) is 0. The van der Waals surface area contributed by atoms with Gasteiger partial charge in [-0.3, -0.25) is 4.90 Å². The Hall–Kier alpha value is -1.81. The molecule has 0 unspecified atom stereocenters. The van der Waals surface area contributed by atoms with Gasteiger partial charge in [0.2, 0.25) is 0 Å². The molecule has 1 saturated heterocycles. The van der Waals surface area contributed by atoms with Crippen molar-refractivity contribution in [2.75, 3.05) is 6.54 Å². The van der Waals surface area contributed by atoms with E-state index in [9.17, 15) is 0 Å². The first-order valence-corrected chi connectivity index (χ1v) is 8.04. The minimum Gasteiger partial charge on any atom is -0.491 e. The van der Waals surface area contributed by atoms with Crippen LogP contribution in [0.3, 0.4) is 0 Å². The molecule has 0 saturated carbocycles. The van der Waals surface area contributed by atoms with Crippen molar-refractivity contribution in [2.45, 2.75) is 52.3 Å². The third kappa shape index (κ3) is 3.50. The van der Waals surface area contributed by atoms with E-state index < -0.39 is 0 Å². The lowest BCUT2D eigenvalue weighted by Gasteiger charge is -2.22. The second-order valence-corrected chi connectivity index (χ2v) is 6.30. The summed E-state index contributed by atoms with van der Waals surface area (Å²) in [5, 5.41) is 4.20. The Morgan fingerprint density at radius 3 is 2.73 bits per heavy atom. The number of aromatic nitrogens is 1. The zero-order valence-corrected chi connectivity index (χ0v) is 13.6. The fraction of sp³-hybridized carbons (Fsp3) is 0.500. The molecule has 0 spiro atoms. The van der Waals surface area contributed by atoms with Gasteiger partial charge in [-0.2, -0.15) is 0 Å². The van der Waals surface area contributed by atoms with Gasteiger partial charge in [-0.15, -0.1) is 0 Å². The fourth-order valence-electron chi connectivity index (χ4n) is 3.07. The van der Waals surface area contributed by atoms with Gasteiger partial charge < -0.3 is 9.26 Å². The minimum atomic E-state index is 0.212. The summed E-state index contributed by atoms with van der Waals surface area (Å²) < 4.78 is 10.9. The summed E-state index contributed by atoms with van der Waals surface area (Å²) in [5.41, 5.74) is 2.37. The molecule has 1 aromatic carbocycles. The van der Waals surface area contributed by atoms with Crippen molar-refractivity contribution in [2.24, 2.45) is 0 Å². The average Bonchev–Trinajstić information content (AvgIpc) is 3.09. The number of hydrogen-bond acceptors (Lipinski definition) is 4. The van der Waals surface area contributed by atoms with Gasteiger partial charge in [-0.05, 0) is 57.9 Å². The van der Waals surface area contributed by atoms with E-state index in [0.717, 1.165) is 36.7 Å². The Kier molecular flexibility index (Phi) is 4.48. The van der Waals surface area contributed by atoms with Crippen LogP contribution in [0.1, 0.15) is 49.7 Å². The van der Waals surface area contributed by atoms with Crippen molar-refractivity contribution in [3.63, 3.8) is 0 Å². The normalized spacial score (nSPS) is 19.0. The van der Waals surface area contributed by atoms with Crippen molar-refractivity contribution in [1.29, 1.82) is 0 Å². The molecule has 2 aromatic rings. The predicted octanol–water partition coefficient (Wildman–Crippen LogP) is 4.11. The van der Waals surface area contributed by atoms with Crippen LogP contribution >= 0.6 is 0 Å². The molecular formula is C18H24N2O2. The first-order chi connectivity index (χ1) is 10.6. The lowest BCUT2D eigenvalue weighted by atomic mass is 10.1. The molecule has 1 aromatic heterocycles. The SMILES string of the molecule is Cc1cc([C@H]2CCCN2Cc2ccc(OC(C)C)cc2)no1. The fourth-order valence-corrected chi connectivity index (χ4v) is 3.07. The second kappa shape index (κ2) is 6.53. The molecule has 4 nitrogen and oxygen atoms in total. The predicted molar refractivity (Wildman–Crippen MR) is 85.8 cm³/mol. The smallest absolute Gasteiger partial charge is 0.133 e. The summed E-state index contributed by atoms with van der Waals surface area (Å²) in [7, 11) is 0. The number of rotatable bonds is 5. The first kappa shape index (κ1) is 15.1. The molecule has 0 bridgehead atoms. The van der Waals surface area contributed by atoms with Gasteiger partial charge in [0.1, 0.15) is 17.2 Å². The van der Waals surface area contributed by atoms with E-state index in [4.69, 9.17) is 9.26 Å². The van der Waals surface area contributed by atoms with Crippen LogP contribution in [0.4, 0.5) is 0 Å². The van der Waals surface area contributed by atoms with E-state index >= 15 is 0 Å². The highest BCUT2D eigenvalue weighted by molar-refractivity contribution is 5.27. The summed E-state index contributed by atoms with van der Waals surface area (Å²) >= 11 is 0. The standard InChI is InChI=1S/C18H24N2O2/c1-13(2)21-16-8-6-15(7-9-16)12-20-10-4-5-18(20)17-11-14(3)22-19-17/h6-9,11,13,18H,4-5,10,12H2,1-3H3/t18-/m1/s1. The molecule has 1 aliphatic heterocycles. The summed E-state index contributed by atoms with van der Waals surface area (Å²) in [6.07, 6.45) is 2.58. The highest BCUT2D eigenvalue weighted by Crippen LogP contribution is 2.32. The summed E-state index contributed by atoms with van der Waals surface area (Å²) in [6.45, 7) is 8.09. The number of nitrogens with zero attached hydrogens (tertiary/aromatic N) is 2. The van der Waals surface area contributed by atoms with E-state index in [1.54, 1.807) is 0 Å². The number of aryl methyl sites for hydroxylation is 1. The van der Waals surface area contributed by atoms with Crippen LogP contribution in [0.2, 0.25) is 0 Å². The third-order valence-corrected chi connectivity index (χ3v) is 4.03. The largest absolute Gasteiger partial charge is 0.491 e. The van der Waals surface area contributed by atoms with Gasteiger partial charge in [0, 0.05) is 12.6 Å². The van der Waals surface area contributed by atoms with Crippen LogP contribution in [-0.2, 0) is 6.54 Å². The molecule has 4 heteroatoms. The lowest BCUT2D eigenvalue weighted by molar-refractivity contribution is 0.235. The van der Waals surface area contributed by atoms with Gasteiger partial charge in [0.25, 0.3) is 0 Å². The Labute approximate surface area is 132 Å². The molecule has 1 aliphatic rings. The van der Waals surface area contributed by atoms with Crippen molar-refractivity contribution >= 4 is 0 Å². The Morgan fingerprint density at radius 1 is 1.32 bits per heavy atom. The summed E-state index contributed by atoms with van der Waals surface area (Å²) in [6, 6.07) is 10.9. The number of likely N-dealkylation sites (tertiary alicyclic amines) is 1. The highest BCUT2D eigenvalue weighted by Gasteiger charge is 2.28. The summed E-state index contributed by atoms with van der Waals surface area (Å²) in [4.78, 5) is 2.48. The lowest BCUT2D eigenvalue weighted by Crippen LogP contribution is -2.22. The zero-order valence-electron chi connectivity index (χ0n) is 13.6. The molecule has 0 amide bonds. The average molecular weight is 300 g/mol. The van der Waals surface area contributed by atoms with Crippen LogP contribution in [-0.4, -0.2) is 22.7 Å². The number of ether oxygens (including phenoxy) is 1. The molecule has 0 aliphatic carbocycles. The maximum atomic E-state index is 5.70. The Balaban J connectivity index is 1.66. The van der Waals surface area contributed by atoms with Crippen LogP contribution in [0.25, 0.3) is 0 Å². The molecule has 0 radical (unpaired) electrons. The van der Waals surface area contributed by atoms with E-state index in [0.29, 0.717) is 6.04 Å². The van der Waals surface area contributed by atoms with Crippen molar-refractivity contribution in [1.82, 2.24) is 10.1 Å². The molecule has 22 heavy (non-hydrogen) atoms. The molecule has 3 rings (SSSR count). The van der Waals surface area contributed by atoms with Gasteiger partial charge >= 0.3 is 0 Å². The quantitative estimate of drug-likeness (QED) is 0.833. The molecule has 0 N–H and O–H groups in total. The molecule has 2 heterocycles. The molecule has 1 atom stereocenters. The molecule has 118 valence electrons. The second-order valence-electron chi connectivity index (χ2n) is 6.30.